The van der Waals surface area contributed by atoms with Gasteiger partial charge < -0.3 is 9.67 Å². The van der Waals surface area contributed by atoms with E-state index < -0.39 is 6.10 Å². The van der Waals surface area contributed by atoms with E-state index in [4.69, 9.17) is 0 Å². The lowest BCUT2D eigenvalue weighted by Crippen LogP contribution is -2.08. The van der Waals surface area contributed by atoms with Gasteiger partial charge in [-0.1, -0.05) is 37.3 Å². The second-order valence-corrected chi connectivity index (χ2v) is 3.82. The molecule has 0 saturated carbocycles. The van der Waals surface area contributed by atoms with Crippen LogP contribution in [0.4, 0.5) is 0 Å². The van der Waals surface area contributed by atoms with Crippen LogP contribution < -0.4 is 0 Å². The molecule has 0 fully saturated rings. The largest absolute Gasteiger partial charge is 0.385 e. The molecular weight excluding hydrogens is 200 g/mol. The van der Waals surface area contributed by atoms with Gasteiger partial charge >= 0.3 is 0 Å². The van der Waals surface area contributed by atoms with E-state index in [2.05, 4.69) is 17.1 Å². The van der Waals surface area contributed by atoms with E-state index in [1.807, 2.05) is 35.9 Å². The predicted molar refractivity (Wildman–Crippen MR) is 63.0 cm³/mol. The van der Waals surface area contributed by atoms with E-state index in [0.29, 0.717) is 6.42 Å². The van der Waals surface area contributed by atoms with Crippen LogP contribution in [0.15, 0.2) is 42.7 Å². The summed E-state index contributed by atoms with van der Waals surface area (Å²) in [5.74, 6) is 0.742. The van der Waals surface area contributed by atoms with E-state index >= 15 is 0 Å². The van der Waals surface area contributed by atoms with Crippen LogP contribution in [0.2, 0.25) is 0 Å². The molecule has 16 heavy (non-hydrogen) atoms. The van der Waals surface area contributed by atoms with Gasteiger partial charge in [0.05, 0.1) is 0 Å². The minimum Gasteiger partial charge on any atom is -0.385 e. The Kier molecular flexibility index (Phi) is 3.37. The number of benzene rings is 1. The van der Waals surface area contributed by atoms with E-state index in [-0.39, 0.29) is 0 Å². The van der Waals surface area contributed by atoms with Gasteiger partial charge in [0.15, 0.2) is 0 Å². The molecule has 0 saturated heterocycles. The van der Waals surface area contributed by atoms with Crippen molar-refractivity contribution < 1.29 is 5.11 Å². The summed E-state index contributed by atoms with van der Waals surface area (Å²) in [6, 6.07) is 10.2. The minimum atomic E-state index is -0.473. The number of nitrogens with zero attached hydrogens (tertiary/aromatic N) is 2. The van der Waals surface area contributed by atoms with Gasteiger partial charge in [-0.15, -0.1) is 0 Å². The number of aliphatic hydroxyl groups excluding tert-OH is 1. The fraction of sp³-hybridized carbons (Fsp3) is 0.308. The molecule has 0 bridgehead atoms. The standard InChI is InChI=1S/C13H16N2O/c1-2-12(16)13-14-8-9-15(13)10-11-6-4-3-5-7-11/h3-9,12,16H,2,10H2,1H3/t12-/m1/s1. The summed E-state index contributed by atoms with van der Waals surface area (Å²) in [5, 5.41) is 9.79. The van der Waals surface area contributed by atoms with Crippen molar-refractivity contribution >= 4 is 0 Å². The first-order valence-electron chi connectivity index (χ1n) is 5.54. The molecule has 3 nitrogen and oxygen atoms in total. The van der Waals surface area contributed by atoms with E-state index in [1.54, 1.807) is 6.20 Å². The van der Waals surface area contributed by atoms with Crippen LogP contribution in [0, 0.1) is 0 Å². The molecule has 0 aliphatic carbocycles. The monoisotopic (exact) mass is 216 g/mol. The van der Waals surface area contributed by atoms with Crippen LogP contribution in [0.5, 0.6) is 0 Å². The number of hydrogen-bond donors (Lipinski definition) is 1. The van der Waals surface area contributed by atoms with Gasteiger partial charge in [-0.2, -0.15) is 0 Å². The van der Waals surface area contributed by atoms with Crippen LogP contribution in [-0.2, 0) is 6.54 Å². The van der Waals surface area contributed by atoms with Gasteiger partial charge in [-0.25, -0.2) is 4.98 Å². The highest BCUT2D eigenvalue weighted by Crippen LogP contribution is 2.15. The average Bonchev–Trinajstić information content (AvgIpc) is 2.77. The Morgan fingerprint density at radius 2 is 2.06 bits per heavy atom. The van der Waals surface area contributed by atoms with E-state index in [0.717, 1.165) is 12.4 Å². The summed E-state index contributed by atoms with van der Waals surface area (Å²) in [4.78, 5) is 4.20. The Bertz CT molecular complexity index is 436. The number of aliphatic hydroxyl groups is 1. The van der Waals surface area contributed by atoms with E-state index in [1.165, 1.54) is 5.56 Å². The second-order valence-electron chi connectivity index (χ2n) is 3.82. The Hall–Kier alpha value is -1.61. The van der Waals surface area contributed by atoms with Gasteiger partial charge in [-0.05, 0) is 12.0 Å². The lowest BCUT2D eigenvalue weighted by Gasteiger charge is -2.11. The first-order chi connectivity index (χ1) is 7.81. The number of imidazole rings is 1. The number of hydrogen-bond acceptors (Lipinski definition) is 2. The molecule has 0 aliphatic heterocycles. The van der Waals surface area contributed by atoms with Gasteiger partial charge in [0.2, 0.25) is 0 Å². The molecule has 0 unspecified atom stereocenters. The number of aromatic nitrogens is 2. The Labute approximate surface area is 95.4 Å². The first kappa shape index (κ1) is 10.9. The zero-order valence-electron chi connectivity index (χ0n) is 9.37. The topological polar surface area (TPSA) is 38.1 Å². The second kappa shape index (κ2) is 4.94. The molecule has 0 aliphatic rings. The van der Waals surface area contributed by atoms with Crippen molar-refractivity contribution in [2.45, 2.75) is 26.0 Å². The lowest BCUT2D eigenvalue weighted by molar-refractivity contribution is 0.159. The Morgan fingerprint density at radius 3 is 2.75 bits per heavy atom. The van der Waals surface area contributed by atoms with Crippen LogP contribution in [-0.4, -0.2) is 14.7 Å². The minimum absolute atomic E-state index is 0.473. The lowest BCUT2D eigenvalue weighted by atomic mass is 10.2. The third kappa shape index (κ3) is 2.31. The summed E-state index contributed by atoms with van der Waals surface area (Å²) >= 11 is 0. The third-order valence-electron chi connectivity index (χ3n) is 2.63. The highest BCUT2D eigenvalue weighted by atomic mass is 16.3. The molecule has 84 valence electrons. The van der Waals surface area contributed by atoms with Crippen LogP contribution >= 0.6 is 0 Å². The molecule has 2 aromatic rings. The number of rotatable bonds is 4. The summed E-state index contributed by atoms with van der Waals surface area (Å²) in [6.45, 7) is 2.71. The maximum Gasteiger partial charge on any atom is 0.137 e. The maximum absolute atomic E-state index is 9.79. The Morgan fingerprint density at radius 1 is 1.31 bits per heavy atom. The van der Waals surface area contributed by atoms with Crippen molar-refractivity contribution in [2.75, 3.05) is 0 Å². The molecule has 1 atom stereocenters. The highest BCUT2D eigenvalue weighted by Gasteiger charge is 2.11. The van der Waals surface area contributed by atoms with Crippen LogP contribution in [0.3, 0.4) is 0 Å². The first-order valence-corrected chi connectivity index (χ1v) is 5.54. The van der Waals surface area contributed by atoms with Crippen molar-refractivity contribution in [3.63, 3.8) is 0 Å². The van der Waals surface area contributed by atoms with Crippen molar-refractivity contribution in [3.05, 3.63) is 54.1 Å². The van der Waals surface area contributed by atoms with Crippen molar-refractivity contribution in [2.24, 2.45) is 0 Å². The predicted octanol–water partition coefficient (Wildman–Crippen LogP) is 2.37. The SMILES string of the molecule is CC[C@@H](O)c1nccn1Cc1ccccc1. The Balaban J connectivity index is 2.19. The molecule has 1 heterocycles. The smallest absolute Gasteiger partial charge is 0.137 e. The van der Waals surface area contributed by atoms with Gasteiger partial charge in [-0.3, -0.25) is 0 Å². The zero-order valence-corrected chi connectivity index (χ0v) is 9.37. The third-order valence-corrected chi connectivity index (χ3v) is 2.63. The summed E-state index contributed by atoms with van der Waals surface area (Å²) in [5.41, 5.74) is 1.21. The molecular formula is C13H16N2O. The van der Waals surface area contributed by atoms with Crippen LogP contribution in [0.25, 0.3) is 0 Å². The van der Waals surface area contributed by atoms with Crippen LogP contribution in [0.1, 0.15) is 30.8 Å². The summed E-state index contributed by atoms with van der Waals surface area (Å²) < 4.78 is 1.99. The quantitative estimate of drug-likeness (QED) is 0.852. The fourth-order valence-electron chi connectivity index (χ4n) is 1.71. The maximum atomic E-state index is 9.79. The normalized spacial score (nSPS) is 12.6. The molecule has 1 aromatic heterocycles. The average molecular weight is 216 g/mol. The molecule has 0 amide bonds. The van der Waals surface area contributed by atoms with Crippen molar-refractivity contribution in [1.29, 1.82) is 0 Å². The van der Waals surface area contributed by atoms with E-state index in [9.17, 15) is 5.11 Å². The van der Waals surface area contributed by atoms with Crippen molar-refractivity contribution in [1.82, 2.24) is 9.55 Å². The molecule has 0 spiro atoms. The van der Waals surface area contributed by atoms with Crippen molar-refractivity contribution in [3.8, 4) is 0 Å². The van der Waals surface area contributed by atoms with Gasteiger partial charge in [0, 0.05) is 18.9 Å². The molecule has 1 aromatic carbocycles. The van der Waals surface area contributed by atoms with Gasteiger partial charge in [0.1, 0.15) is 11.9 Å². The zero-order chi connectivity index (χ0) is 11.4. The molecule has 3 heteroatoms. The van der Waals surface area contributed by atoms with Gasteiger partial charge in [0.25, 0.3) is 0 Å². The summed E-state index contributed by atoms with van der Waals surface area (Å²) in [7, 11) is 0. The molecule has 2 rings (SSSR count). The fourth-order valence-corrected chi connectivity index (χ4v) is 1.71. The molecule has 0 radical (unpaired) electrons. The molecule has 1 N–H and O–H groups in total. The highest BCUT2D eigenvalue weighted by molar-refractivity contribution is 5.16. The summed E-state index contributed by atoms with van der Waals surface area (Å²) in [6.07, 6.45) is 3.85.